The van der Waals surface area contributed by atoms with Crippen LogP contribution in [0.2, 0.25) is 0 Å². The van der Waals surface area contributed by atoms with E-state index in [9.17, 15) is 14.4 Å². The summed E-state index contributed by atoms with van der Waals surface area (Å²) in [7, 11) is 0. The Hall–Kier alpha value is -2.05. The van der Waals surface area contributed by atoms with Crippen LogP contribution in [0.25, 0.3) is 0 Å². The molecule has 7 rings (SSSR count). The fourth-order valence-electron chi connectivity index (χ4n) is 7.80. The van der Waals surface area contributed by atoms with Crippen LogP contribution in [0.5, 0.6) is 0 Å². The van der Waals surface area contributed by atoms with Crippen LogP contribution in [-0.2, 0) is 17.9 Å². The highest BCUT2D eigenvalue weighted by molar-refractivity contribution is 6.02. The molecule has 0 unspecified atom stereocenters. The topological polar surface area (TPSA) is 99.1 Å². The third kappa shape index (κ3) is 1.14. The smallest absolute Gasteiger partial charge is 0.332 e. The Kier molecular flexibility index (Phi) is 2.47. The second kappa shape index (κ2) is 4.26. The molecule has 0 aliphatic heterocycles. The van der Waals surface area contributed by atoms with Gasteiger partial charge in [0.1, 0.15) is 11.5 Å². The number of aromatic nitrogens is 2. The molecular formula is C19H24N4O3. The van der Waals surface area contributed by atoms with Gasteiger partial charge < -0.3 is 11.1 Å². The van der Waals surface area contributed by atoms with Gasteiger partial charge in [-0.2, -0.15) is 0 Å². The van der Waals surface area contributed by atoms with E-state index >= 15 is 0 Å². The van der Waals surface area contributed by atoms with Crippen LogP contribution in [0.15, 0.2) is 9.59 Å². The van der Waals surface area contributed by atoms with Crippen molar-refractivity contribution in [1.82, 2.24) is 9.13 Å². The largest absolute Gasteiger partial charge is 0.383 e. The van der Waals surface area contributed by atoms with E-state index in [2.05, 4.69) is 5.32 Å². The highest BCUT2D eigenvalue weighted by atomic mass is 16.2. The van der Waals surface area contributed by atoms with E-state index in [0.717, 1.165) is 30.1 Å². The van der Waals surface area contributed by atoms with E-state index in [-0.39, 0.29) is 28.5 Å². The first-order chi connectivity index (χ1) is 12.5. The lowest BCUT2D eigenvalue weighted by Crippen LogP contribution is -3.06. The monoisotopic (exact) mass is 356 g/mol. The Morgan fingerprint density at radius 1 is 1.00 bits per heavy atom. The van der Waals surface area contributed by atoms with Crippen molar-refractivity contribution in [3.05, 3.63) is 20.8 Å². The van der Waals surface area contributed by atoms with Crippen LogP contribution in [0.1, 0.15) is 26.7 Å². The number of hydrogen-bond acceptors (Lipinski definition) is 4. The fraction of sp³-hybridized carbons (Fsp3) is 0.737. The lowest BCUT2D eigenvalue weighted by Gasteiger charge is -3.06. The number of carbonyl (C=O) groups is 1. The minimum absolute atomic E-state index is 0.0204. The number of rotatable bonds is 6. The summed E-state index contributed by atoms with van der Waals surface area (Å²) in [6.45, 7) is 4.63. The molecule has 3 N–H and O–H groups in total. The van der Waals surface area contributed by atoms with E-state index in [1.165, 1.54) is 9.13 Å². The molecule has 138 valence electrons. The molecule has 6 saturated carbocycles. The van der Waals surface area contributed by atoms with Crippen LogP contribution in [0.4, 0.5) is 11.5 Å². The Labute approximate surface area is 150 Å². The van der Waals surface area contributed by atoms with E-state index < -0.39 is 5.56 Å². The predicted molar refractivity (Wildman–Crippen MR) is 95.4 cm³/mol. The molecule has 6 aliphatic carbocycles. The number of nitrogens with zero attached hydrogens (tertiary/aromatic N) is 2. The number of hydrogen-bond donors (Lipinski definition) is 2. The standard InChI is InChI=1S/C19H24N4O3/c1-3-5-22-15(20)14(16(24)23(6-4-2)18(22)26)21-17(25)19-11-8-7-9(11)13(19)10(7)12(8)19/h7-13H,3-6,20H2,1-2H3,(H,21,25). The first-order valence-corrected chi connectivity index (χ1v) is 9.96. The van der Waals surface area contributed by atoms with Crippen LogP contribution in [0, 0.1) is 46.8 Å². The molecule has 1 aromatic heterocycles. The molecular weight excluding hydrogens is 332 g/mol. The summed E-state index contributed by atoms with van der Waals surface area (Å²) < 4.78 is 2.63. The Morgan fingerprint density at radius 3 is 2.08 bits per heavy atom. The lowest BCUT2D eigenvalue weighted by molar-refractivity contribution is -0.595. The highest BCUT2D eigenvalue weighted by Crippen LogP contribution is 3.05. The minimum Gasteiger partial charge on any atom is -0.383 e. The van der Waals surface area contributed by atoms with Gasteiger partial charge in [-0.25, -0.2) is 4.79 Å². The Balaban J connectivity index is 1.38. The molecule has 1 heterocycles. The second-order valence-corrected chi connectivity index (χ2v) is 8.93. The minimum atomic E-state index is -0.466. The first-order valence-electron chi connectivity index (χ1n) is 9.96. The third-order valence-electron chi connectivity index (χ3n) is 8.47. The normalized spacial score (nSPS) is 44.0. The maximum atomic E-state index is 13.1. The number of carbonyl (C=O) groups excluding carboxylic acids is 1. The van der Waals surface area contributed by atoms with E-state index in [4.69, 9.17) is 5.73 Å². The van der Waals surface area contributed by atoms with Gasteiger partial charge >= 0.3 is 5.69 Å². The number of nitrogens with two attached hydrogens (primary N) is 1. The predicted octanol–water partition coefficient (Wildman–Crippen LogP) is 0.719. The molecule has 0 radical (unpaired) electrons. The number of amides is 1. The summed E-state index contributed by atoms with van der Waals surface area (Å²) in [6.07, 6.45) is 1.39. The van der Waals surface area contributed by atoms with Crippen molar-refractivity contribution < 1.29 is 4.79 Å². The van der Waals surface area contributed by atoms with Gasteiger partial charge in [-0.05, 0) is 54.3 Å². The quantitative estimate of drug-likeness (QED) is 0.784. The lowest BCUT2D eigenvalue weighted by atomic mass is 8.96. The molecule has 7 nitrogen and oxygen atoms in total. The van der Waals surface area contributed by atoms with Gasteiger partial charge in [-0.15, -0.1) is 0 Å². The zero-order chi connectivity index (χ0) is 18.1. The van der Waals surface area contributed by atoms with Gasteiger partial charge in [0.25, 0.3) is 5.56 Å². The zero-order valence-corrected chi connectivity index (χ0v) is 15.1. The summed E-state index contributed by atoms with van der Waals surface area (Å²) >= 11 is 0. The second-order valence-electron chi connectivity index (χ2n) is 8.93. The molecule has 0 spiro atoms. The van der Waals surface area contributed by atoms with Gasteiger partial charge in [0.05, 0.1) is 5.41 Å². The Bertz CT molecular complexity index is 939. The maximum absolute atomic E-state index is 13.1. The van der Waals surface area contributed by atoms with Crippen molar-refractivity contribution in [2.75, 3.05) is 11.1 Å². The molecule has 6 aliphatic rings. The summed E-state index contributed by atoms with van der Waals surface area (Å²) in [4.78, 5) is 38.6. The van der Waals surface area contributed by atoms with Crippen molar-refractivity contribution in [3.63, 3.8) is 0 Å². The van der Waals surface area contributed by atoms with E-state index in [1.807, 2.05) is 13.8 Å². The molecule has 1 amide bonds. The molecule has 0 bridgehead atoms. The molecule has 0 aromatic carbocycles. The summed E-state index contributed by atoms with van der Waals surface area (Å²) in [6, 6.07) is 0. The number of nitrogen functional groups attached to an aromatic ring is 1. The molecule has 7 heteroatoms. The highest BCUT2D eigenvalue weighted by Gasteiger charge is 3.06. The van der Waals surface area contributed by atoms with Crippen LogP contribution >= 0.6 is 0 Å². The summed E-state index contributed by atoms with van der Waals surface area (Å²) in [5.41, 5.74) is 5.21. The van der Waals surface area contributed by atoms with Gasteiger partial charge in [-0.3, -0.25) is 18.7 Å². The fourth-order valence-corrected chi connectivity index (χ4v) is 7.80. The zero-order valence-electron chi connectivity index (χ0n) is 15.1. The van der Waals surface area contributed by atoms with E-state index in [0.29, 0.717) is 37.3 Å². The van der Waals surface area contributed by atoms with Crippen LogP contribution in [0.3, 0.4) is 0 Å². The van der Waals surface area contributed by atoms with E-state index in [1.54, 1.807) is 0 Å². The SMILES string of the molecule is CCCn1c(N)c(NC(=O)C23C4C5C6C4C2C6C53)c(=O)n(CCC)c1=O. The van der Waals surface area contributed by atoms with Crippen LogP contribution < -0.4 is 22.3 Å². The summed E-state index contributed by atoms with van der Waals surface area (Å²) in [5.74, 6) is 5.08. The first kappa shape index (κ1) is 15.1. The molecule has 26 heavy (non-hydrogen) atoms. The average molecular weight is 356 g/mol. The van der Waals surface area contributed by atoms with Crippen molar-refractivity contribution >= 4 is 17.4 Å². The molecule has 6 fully saturated rings. The number of anilines is 2. The van der Waals surface area contributed by atoms with Crippen molar-refractivity contribution in [2.45, 2.75) is 39.8 Å². The maximum Gasteiger partial charge on any atom is 0.332 e. The molecule has 0 atom stereocenters. The number of nitrogens with one attached hydrogen (secondary N) is 1. The van der Waals surface area contributed by atoms with Crippen LogP contribution in [-0.4, -0.2) is 15.0 Å². The Morgan fingerprint density at radius 2 is 1.54 bits per heavy atom. The van der Waals surface area contributed by atoms with Crippen molar-refractivity contribution in [1.29, 1.82) is 0 Å². The summed E-state index contributed by atoms with van der Waals surface area (Å²) in [5, 5.41) is 2.88. The average Bonchev–Trinajstić information content (AvgIpc) is 2.65. The van der Waals surface area contributed by atoms with Gasteiger partial charge in [0.15, 0.2) is 0 Å². The third-order valence-corrected chi connectivity index (χ3v) is 8.47. The van der Waals surface area contributed by atoms with Crippen molar-refractivity contribution in [2.24, 2.45) is 46.8 Å². The van der Waals surface area contributed by atoms with Gasteiger partial charge in [0.2, 0.25) is 5.91 Å². The van der Waals surface area contributed by atoms with Crippen molar-refractivity contribution in [3.8, 4) is 0 Å². The van der Waals surface area contributed by atoms with Gasteiger partial charge in [-0.1, -0.05) is 13.8 Å². The van der Waals surface area contributed by atoms with Gasteiger partial charge in [0, 0.05) is 13.1 Å². The molecule has 1 aromatic rings. The molecule has 0 saturated heterocycles.